The van der Waals surface area contributed by atoms with E-state index in [0.29, 0.717) is 9.79 Å². The largest absolute Gasteiger partial charge is 0.492 e. The van der Waals surface area contributed by atoms with Crippen LogP contribution in [-0.2, 0) is 52.7 Å². The number of nitrogens with one attached hydrogen (secondary N) is 2. The maximum atomic E-state index is 13.7. The molecular weight excluding hydrogens is 800 g/mol. The number of amides is 3. The zero-order chi connectivity index (χ0) is 38.0. The molecule has 2 heterocycles. The average Bonchev–Trinajstić information content (AvgIpc) is 3.33. The summed E-state index contributed by atoms with van der Waals surface area (Å²) in [5.41, 5.74) is -1.77. The summed E-state index contributed by atoms with van der Waals surface area (Å²) in [5.74, 6) is -7.34. The molecular formula is C30H40Br2N4O14. The van der Waals surface area contributed by atoms with E-state index in [-0.39, 0.29) is 25.2 Å². The minimum Gasteiger partial charge on any atom is -0.492 e. The number of halogens is 2. The minimum absolute atomic E-state index is 0.00608. The van der Waals surface area contributed by atoms with E-state index < -0.39 is 112 Å². The molecule has 0 spiro atoms. The Labute approximate surface area is 303 Å². The van der Waals surface area contributed by atoms with Crippen molar-refractivity contribution in [1.82, 2.24) is 20.4 Å². The number of nitrogens with zero attached hydrogens (tertiary/aromatic N) is 2. The number of Topliss-reactive ketones (excluding diaryl/α,β-unsaturated/α-hetero) is 1. The van der Waals surface area contributed by atoms with Crippen LogP contribution < -0.4 is 15.5 Å². The molecule has 0 radical (unpaired) electrons. The highest BCUT2D eigenvalue weighted by atomic mass is 79.9. The lowest BCUT2D eigenvalue weighted by Crippen LogP contribution is -2.54. The van der Waals surface area contributed by atoms with Gasteiger partial charge in [0.15, 0.2) is 5.78 Å². The van der Waals surface area contributed by atoms with E-state index in [1.807, 2.05) is 0 Å². The molecule has 50 heavy (non-hydrogen) atoms. The van der Waals surface area contributed by atoms with E-state index in [1.54, 1.807) is 0 Å². The van der Waals surface area contributed by atoms with E-state index in [0.717, 1.165) is 12.1 Å². The molecule has 0 bridgehead atoms. The highest BCUT2D eigenvalue weighted by Gasteiger charge is 2.41. The molecule has 1 aliphatic heterocycles. The monoisotopic (exact) mass is 838 g/mol. The average molecular weight is 840 g/mol. The Kier molecular flexibility index (Phi) is 14.8. The van der Waals surface area contributed by atoms with Crippen LogP contribution in [0.4, 0.5) is 0 Å². The molecule has 4 N–H and O–H groups in total. The van der Waals surface area contributed by atoms with Gasteiger partial charge in [-0.15, -0.1) is 4.73 Å². The summed E-state index contributed by atoms with van der Waals surface area (Å²) >= 11 is 6.33. The van der Waals surface area contributed by atoms with Crippen molar-refractivity contribution in [2.45, 2.75) is 81.4 Å². The Morgan fingerprint density at radius 3 is 1.88 bits per heavy atom. The quantitative estimate of drug-likeness (QED) is 0.125. The highest BCUT2D eigenvalue weighted by Crippen LogP contribution is 2.26. The van der Waals surface area contributed by atoms with Gasteiger partial charge in [0.05, 0.1) is 12.8 Å². The first-order valence-corrected chi connectivity index (χ1v) is 16.8. The number of carbonyl (C=O) groups excluding carboxylic acids is 8. The van der Waals surface area contributed by atoms with Gasteiger partial charge in [-0.2, -0.15) is 5.06 Å². The van der Waals surface area contributed by atoms with Gasteiger partial charge in [0.25, 0.3) is 5.91 Å². The predicted octanol–water partition coefficient (Wildman–Crippen LogP) is 0.715. The molecule has 1 atom stereocenters. The van der Waals surface area contributed by atoms with Crippen LogP contribution in [0, 0.1) is 5.41 Å². The van der Waals surface area contributed by atoms with Crippen molar-refractivity contribution in [3.8, 4) is 11.8 Å². The summed E-state index contributed by atoms with van der Waals surface area (Å²) in [6.07, 6.45) is -1.57. The zero-order valence-electron chi connectivity index (χ0n) is 28.0. The third kappa shape index (κ3) is 12.9. The summed E-state index contributed by atoms with van der Waals surface area (Å²) in [7, 11) is 0. The number of alkyl halides is 2. The van der Waals surface area contributed by atoms with Crippen LogP contribution in [0.25, 0.3) is 0 Å². The van der Waals surface area contributed by atoms with Crippen LogP contribution in [0.15, 0.2) is 12.1 Å². The summed E-state index contributed by atoms with van der Waals surface area (Å²) in [4.78, 5) is 111. The third-order valence-electron chi connectivity index (χ3n) is 6.87. The van der Waals surface area contributed by atoms with E-state index in [9.17, 15) is 48.6 Å². The molecule has 1 aliphatic rings. The van der Waals surface area contributed by atoms with E-state index in [2.05, 4.69) is 42.5 Å². The van der Waals surface area contributed by atoms with E-state index >= 15 is 0 Å². The number of carbonyl (C=O) groups is 8. The third-order valence-corrected chi connectivity index (χ3v) is 7.52. The van der Waals surface area contributed by atoms with Gasteiger partial charge in [0.1, 0.15) is 39.9 Å². The van der Waals surface area contributed by atoms with Crippen LogP contribution in [0.3, 0.4) is 0 Å². The molecule has 278 valence electrons. The minimum atomic E-state index is -1.77. The fraction of sp³-hybridized carbons (Fsp3) is 0.600. The van der Waals surface area contributed by atoms with Crippen molar-refractivity contribution < 1.29 is 67.7 Å². The Hall–Kier alpha value is -4.20. The lowest BCUT2D eigenvalue weighted by molar-refractivity contribution is -0.201. The molecule has 20 heteroatoms. The SMILES string of the molecule is CC(C)(Br)C(=O)OCC(C)(COC(=O)C(C)(C)Br)C(=O)NC(CCC(=O)ON1CC(=O)CCC1=O)C(=O)NCCC(=O)On1c(O)ccc1O. The number of aromatic hydroxyl groups is 2. The van der Waals surface area contributed by atoms with Crippen LogP contribution in [0.1, 0.15) is 66.7 Å². The number of ketones is 1. The van der Waals surface area contributed by atoms with E-state index in [1.165, 1.54) is 34.6 Å². The van der Waals surface area contributed by atoms with Gasteiger partial charge in [-0.05, 0) is 41.0 Å². The smallest absolute Gasteiger partial charge is 0.334 e. The number of esters is 2. The standard InChI is InChI=1S/C30H40Br2N4O14/c1-28(2,31)26(45)47-15-30(5,16-48-27(46)29(3,4)32)25(44)34-18(7-11-22(41)49-35-14-17(37)6-8-19(35)38)24(43)33-13-12-23(42)50-36-20(39)9-10-21(36)40/h9-10,18,39-40H,6-8,11-16H2,1-5H3,(H,33,43)(H,34,44). The maximum absolute atomic E-state index is 13.7. The van der Waals surface area contributed by atoms with Crippen molar-refractivity contribution in [2.75, 3.05) is 26.3 Å². The van der Waals surface area contributed by atoms with Gasteiger partial charge in [-0.25, -0.2) is 9.59 Å². The van der Waals surface area contributed by atoms with Crippen LogP contribution >= 0.6 is 31.9 Å². The molecule has 2 rings (SSSR count). The summed E-state index contributed by atoms with van der Waals surface area (Å²) in [6.45, 7) is 5.33. The first-order valence-electron chi connectivity index (χ1n) is 15.2. The lowest BCUT2D eigenvalue weighted by atomic mass is 9.90. The number of ether oxygens (including phenoxy) is 2. The van der Waals surface area contributed by atoms with Crippen molar-refractivity contribution in [3.05, 3.63) is 12.1 Å². The van der Waals surface area contributed by atoms with Crippen molar-refractivity contribution >= 4 is 79.2 Å². The van der Waals surface area contributed by atoms with Crippen molar-refractivity contribution in [3.63, 3.8) is 0 Å². The number of hydrogen-bond donors (Lipinski definition) is 4. The normalized spacial score (nSPS) is 14.3. The van der Waals surface area contributed by atoms with Gasteiger partial charge < -0.3 is 40.0 Å². The second-order valence-corrected chi connectivity index (χ2v) is 16.5. The van der Waals surface area contributed by atoms with Crippen LogP contribution in [0.5, 0.6) is 11.8 Å². The van der Waals surface area contributed by atoms with Gasteiger partial charge in [-0.1, -0.05) is 31.9 Å². The maximum Gasteiger partial charge on any atom is 0.334 e. The molecule has 3 amide bonds. The molecule has 1 aromatic rings. The summed E-state index contributed by atoms with van der Waals surface area (Å²) in [6, 6.07) is 0.631. The fourth-order valence-electron chi connectivity index (χ4n) is 3.83. The second-order valence-electron chi connectivity index (χ2n) is 12.5. The molecule has 1 fully saturated rings. The molecule has 18 nitrogen and oxygen atoms in total. The summed E-state index contributed by atoms with van der Waals surface area (Å²) < 4.78 is 8.83. The van der Waals surface area contributed by atoms with Crippen LogP contribution in [-0.4, -0.2) is 108 Å². The zero-order valence-corrected chi connectivity index (χ0v) is 31.2. The number of hydrogen-bond acceptors (Lipinski definition) is 14. The van der Waals surface area contributed by atoms with E-state index in [4.69, 9.17) is 19.1 Å². The van der Waals surface area contributed by atoms with Gasteiger partial charge in [0.2, 0.25) is 23.6 Å². The predicted molar refractivity (Wildman–Crippen MR) is 176 cm³/mol. The van der Waals surface area contributed by atoms with Gasteiger partial charge >= 0.3 is 23.9 Å². The Morgan fingerprint density at radius 2 is 1.36 bits per heavy atom. The molecule has 0 aliphatic carbocycles. The Morgan fingerprint density at radius 1 is 0.840 bits per heavy atom. The summed E-state index contributed by atoms with van der Waals surface area (Å²) in [5, 5.41) is 24.8. The molecule has 1 aromatic heterocycles. The number of aromatic nitrogens is 1. The van der Waals surface area contributed by atoms with Gasteiger partial charge in [0, 0.05) is 31.5 Å². The topological polar surface area (TPSA) is 246 Å². The number of hydroxylamine groups is 2. The first kappa shape index (κ1) is 42.0. The first-order chi connectivity index (χ1) is 23.0. The Balaban J connectivity index is 2.22. The van der Waals surface area contributed by atoms with Crippen molar-refractivity contribution in [1.29, 1.82) is 0 Å². The molecule has 1 unspecified atom stereocenters. The number of piperidine rings is 1. The molecule has 0 saturated carbocycles. The van der Waals surface area contributed by atoms with Gasteiger partial charge in [-0.3, -0.25) is 28.8 Å². The fourth-order valence-corrected chi connectivity index (χ4v) is 4.06. The van der Waals surface area contributed by atoms with Crippen molar-refractivity contribution in [2.24, 2.45) is 5.41 Å². The second kappa shape index (κ2) is 17.6. The highest BCUT2D eigenvalue weighted by molar-refractivity contribution is 9.10. The molecule has 0 aromatic carbocycles. The molecule has 1 saturated heterocycles. The number of rotatable bonds is 17. The Bertz CT molecular complexity index is 1430. The van der Waals surface area contributed by atoms with Crippen LogP contribution in [0.2, 0.25) is 0 Å². The lowest BCUT2D eigenvalue weighted by Gasteiger charge is -2.31.